The Labute approximate surface area is 321 Å². The zero-order chi connectivity index (χ0) is 36.7. The number of aliphatic imine (C=N–C) groups is 1. The van der Waals surface area contributed by atoms with E-state index in [1.165, 1.54) is 0 Å². The summed E-state index contributed by atoms with van der Waals surface area (Å²) in [5.74, 6) is 1.82. The van der Waals surface area contributed by atoms with Crippen LogP contribution in [0.5, 0.6) is 0 Å². The van der Waals surface area contributed by atoms with Crippen molar-refractivity contribution in [2.75, 3.05) is 30.3 Å². The van der Waals surface area contributed by atoms with Gasteiger partial charge in [-0.05, 0) is 106 Å². The van der Waals surface area contributed by atoms with Gasteiger partial charge in [-0.15, -0.1) is 0 Å². The number of hydrogen-bond donors (Lipinski definition) is 5. The van der Waals surface area contributed by atoms with Gasteiger partial charge in [-0.1, -0.05) is 30.3 Å². The van der Waals surface area contributed by atoms with E-state index in [1.54, 1.807) is 30.6 Å². The standard InChI is InChI=1S/C19H19BrN6O.C18H17BrN6O/c1-12-9-13(11-21-10-12)18(27)24-19-23-15-6-4-5-14(20)17(15)26(19)16-7-2-3-8-22-25-16;19-13-8-4-9-14-15(13)25(17-20-10-5-11-21-24-17)18(22-14)23-16(26)12-6-2-1-3-7-12/h4-6,9-11,22H,2-3,7-8H2,1H3,(H,23,24,27);1-4,6-9,21H,5,10-11H2,(H,20,24)(H,22,23,26). The topological polar surface area (TPSA) is 168 Å². The minimum atomic E-state index is -0.249. The van der Waals surface area contributed by atoms with Gasteiger partial charge in [-0.3, -0.25) is 40.2 Å². The van der Waals surface area contributed by atoms with E-state index >= 15 is 0 Å². The molecular weight excluding hydrogens is 804 g/mol. The third kappa shape index (κ3) is 8.14. The Hall–Kier alpha value is -5.45. The number of aryl methyl sites for hydroxylation is 1. The molecule has 0 radical (unpaired) electrons. The molecule has 0 fully saturated rings. The maximum Gasteiger partial charge on any atom is 0.259 e. The van der Waals surface area contributed by atoms with Gasteiger partial charge in [0.15, 0.2) is 0 Å². The molecule has 16 heteroatoms. The number of amides is 2. The lowest BCUT2D eigenvalue weighted by Gasteiger charge is -2.14. The van der Waals surface area contributed by atoms with Crippen LogP contribution in [0.1, 0.15) is 52.0 Å². The predicted molar refractivity (Wildman–Crippen MR) is 214 cm³/mol. The van der Waals surface area contributed by atoms with Crippen LogP contribution >= 0.6 is 31.9 Å². The molecule has 8 rings (SSSR count). The number of halogens is 2. The lowest BCUT2D eigenvalue weighted by molar-refractivity contribution is 0.101. The summed E-state index contributed by atoms with van der Waals surface area (Å²) >= 11 is 7.19. The third-order valence-electron chi connectivity index (χ3n) is 8.42. The molecule has 2 aliphatic rings. The maximum absolute atomic E-state index is 12.8. The number of imidazole rings is 2. The summed E-state index contributed by atoms with van der Waals surface area (Å²) in [6.07, 6.45) is 7.07. The fourth-order valence-corrected chi connectivity index (χ4v) is 6.99. The van der Waals surface area contributed by atoms with Crippen LogP contribution in [0.2, 0.25) is 0 Å². The summed E-state index contributed by atoms with van der Waals surface area (Å²) in [5, 5.41) is 10.4. The molecule has 14 nitrogen and oxygen atoms in total. The van der Waals surface area contributed by atoms with Gasteiger partial charge < -0.3 is 5.43 Å². The number of rotatable bonds is 4. The van der Waals surface area contributed by atoms with Crippen molar-refractivity contribution in [1.29, 1.82) is 0 Å². The van der Waals surface area contributed by atoms with Crippen LogP contribution in [-0.2, 0) is 0 Å². The largest absolute Gasteiger partial charge is 0.308 e. The number of pyridine rings is 1. The number of hydrazone groups is 1. The summed E-state index contributed by atoms with van der Waals surface area (Å²) in [4.78, 5) is 43.3. The highest BCUT2D eigenvalue weighted by Crippen LogP contribution is 2.29. The Morgan fingerprint density at radius 1 is 0.755 bits per heavy atom. The number of fused-ring (bicyclic) bond motifs is 2. The second-order valence-corrected chi connectivity index (χ2v) is 14.0. The average molecular weight is 841 g/mol. The number of carbonyl (C=O) groups is 2. The second kappa shape index (κ2) is 16.5. The fraction of sp³-hybridized carbons (Fsp3) is 0.216. The minimum absolute atomic E-state index is 0.222. The van der Waals surface area contributed by atoms with Gasteiger partial charge in [0.2, 0.25) is 17.9 Å². The molecule has 0 saturated heterocycles. The first kappa shape index (κ1) is 35.9. The van der Waals surface area contributed by atoms with Gasteiger partial charge >= 0.3 is 0 Å². The third-order valence-corrected chi connectivity index (χ3v) is 9.70. The van der Waals surface area contributed by atoms with Crippen LogP contribution < -0.4 is 26.9 Å². The van der Waals surface area contributed by atoms with E-state index < -0.39 is 0 Å². The van der Waals surface area contributed by atoms with Gasteiger partial charge in [0.25, 0.3) is 11.8 Å². The number of hydrazine groups is 1. The van der Waals surface area contributed by atoms with Crippen LogP contribution in [0.3, 0.4) is 0 Å². The fourth-order valence-electron chi connectivity index (χ4n) is 5.92. The molecule has 270 valence electrons. The normalized spacial score (nSPS) is 14.4. The molecule has 5 N–H and O–H groups in total. The smallest absolute Gasteiger partial charge is 0.259 e. The van der Waals surface area contributed by atoms with E-state index in [0.29, 0.717) is 35.5 Å². The number of nitrogens with one attached hydrogen (secondary N) is 5. The summed E-state index contributed by atoms with van der Waals surface area (Å²) in [7, 11) is 0. The van der Waals surface area contributed by atoms with Crippen molar-refractivity contribution in [3.63, 3.8) is 0 Å². The first-order valence-electron chi connectivity index (χ1n) is 17.1. The zero-order valence-corrected chi connectivity index (χ0v) is 31.9. The highest BCUT2D eigenvalue weighted by atomic mass is 79.9. The Morgan fingerprint density at radius 2 is 1.43 bits per heavy atom. The van der Waals surface area contributed by atoms with Gasteiger partial charge in [0.05, 0.1) is 27.6 Å². The summed E-state index contributed by atoms with van der Waals surface area (Å²) < 4.78 is 5.51. The van der Waals surface area contributed by atoms with Crippen molar-refractivity contribution in [3.8, 4) is 0 Å². The predicted octanol–water partition coefficient (Wildman–Crippen LogP) is 6.44. The number of anilines is 2. The molecule has 3 aromatic carbocycles. The molecule has 0 saturated carbocycles. The molecular formula is C37H36Br2N12O2. The second-order valence-electron chi connectivity index (χ2n) is 12.3. The van der Waals surface area contributed by atoms with Crippen molar-refractivity contribution in [1.82, 2.24) is 40.4 Å². The van der Waals surface area contributed by atoms with Crippen LogP contribution in [0.15, 0.2) is 104 Å². The van der Waals surface area contributed by atoms with Crippen molar-refractivity contribution < 1.29 is 9.59 Å². The number of aromatic nitrogens is 5. The quantitative estimate of drug-likeness (QED) is 0.135. The number of para-hydroxylation sites is 2. The Kier molecular flexibility index (Phi) is 11.2. The SMILES string of the molecule is Cc1cncc(C(=O)Nc2nc3cccc(Br)c3n2C2=NNCCCC2)c1.O=C(Nc1nc2cccc(Br)c2n1C1=NCCCNN1)c1ccccc1. The summed E-state index contributed by atoms with van der Waals surface area (Å²) in [6.45, 7) is 4.24. The van der Waals surface area contributed by atoms with Crippen molar-refractivity contribution >= 4 is 89.4 Å². The summed E-state index contributed by atoms with van der Waals surface area (Å²) in [5.41, 5.74) is 14.6. The van der Waals surface area contributed by atoms with E-state index in [4.69, 9.17) is 0 Å². The molecule has 2 aliphatic heterocycles. The minimum Gasteiger partial charge on any atom is -0.308 e. The number of carbonyl (C=O) groups excluding carboxylic acids is 2. The first-order valence-corrected chi connectivity index (χ1v) is 18.7. The maximum atomic E-state index is 12.8. The molecule has 0 unspecified atom stereocenters. The van der Waals surface area contributed by atoms with E-state index in [1.807, 2.05) is 70.7 Å². The van der Waals surface area contributed by atoms with E-state index in [0.717, 1.165) is 81.2 Å². The lowest BCUT2D eigenvalue weighted by atomic mass is 10.2. The van der Waals surface area contributed by atoms with E-state index in [2.05, 4.69) is 83.8 Å². The van der Waals surface area contributed by atoms with Crippen LogP contribution in [0.4, 0.5) is 11.9 Å². The van der Waals surface area contributed by atoms with E-state index in [-0.39, 0.29) is 11.8 Å². The van der Waals surface area contributed by atoms with Gasteiger partial charge in [0.1, 0.15) is 5.84 Å². The lowest BCUT2D eigenvalue weighted by Crippen LogP contribution is -2.40. The van der Waals surface area contributed by atoms with Crippen molar-refractivity contribution in [3.05, 3.63) is 111 Å². The van der Waals surface area contributed by atoms with Crippen LogP contribution in [0.25, 0.3) is 22.1 Å². The van der Waals surface area contributed by atoms with Crippen LogP contribution in [0, 0.1) is 6.92 Å². The Bertz CT molecular complexity index is 2350. The molecule has 0 aliphatic carbocycles. The molecule has 0 bridgehead atoms. The average Bonchev–Trinajstić information content (AvgIpc) is 3.42. The number of benzene rings is 3. The molecule has 5 heterocycles. The first-order chi connectivity index (χ1) is 25.9. The number of hydrogen-bond acceptors (Lipinski definition) is 10. The van der Waals surface area contributed by atoms with Gasteiger partial charge in [-0.2, -0.15) is 5.10 Å². The summed E-state index contributed by atoms with van der Waals surface area (Å²) in [6, 6.07) is 22.4. The molecule has 3 aromatic heterocycles. The Morgan fingerprint density at radius 3 is 2.15 bits per heavy atom. The monoisotopic (exact) mass is 838 g/mol. The van der Waals surface area contributed by atoms with Gasteiger partial charge in [0, 0.05) is 53.0 Å². The molecule has 53 heavy (non-hydrogen) atoms. The Balaban J connectivity index is 0.000000164. The van der Waals surface area contributed by atoms with Gasteiger partial charge in [-0.25, -0.2) is 20.0 Å². The highest BCUT2D eigenvalue weighted by molar-refractivity contribution is 9.11. The van der Waals surface area contributed by atoms with E-state index in [9.17, 15) is 9.59 Å². The molecule has 6 aromatic rings. The zero-order valence-electron chi connectivity index (χ0n) is 28.7. The van der Waals surface area contributed by atoms with Crippen LogP contribution in [-0.4, -0.2) is 67.3 Å². The molecule has 2 amide bonds. The molecule has 0 spiro atoms. The van der Waals surface area contributed by atoms with Crippen molar-refractivity contribution in [2.24, 2.45) is 10.1 Å². The molecule has 0 atom stereocenters. The number of nitrogens with zero attached hydrogens (tertiary/aromatic N) is 7. The highest BCUT2D eigenvalue weighted by Gasteiger charge is 2.22. The van der Waals surface area contributed by atoms with Crippen molar-refractivity contribution in [2.45, 2.75) is 32.6 Å².